The highest BCUT2D eigenvalue weighted by Crippen LogP contribution is 2.36. The first-order chi connectivity index (χ1) is 9.70. The first-order valence-electron chi connectivity index (χ1n) is 7.22. The van der Waals surface area contributed by atoms with E-state index in [-0.39, 0.29) is 0 Å². The summed E-state index contributed by atoms with van der Waals surface area (Å²) in [6, 6.07) is 5.01. The summed E-state index contributed by atoms with van der Waals surface area (Å²) in [4.78, 5) is 3.94. The molecule has 2 N–H and O–H groups in total. The molecule has 2 heterocycles. The van der Waals surface area contributed by atoms with Crippen LogP contribution in [0.25, 0.3) is 0 Å². The molecule has 1 aliphatic rings. The van der Waals surface area contributed by atoms with Gasteiger partial charge in [0.1, 0.15) is 5.82 Å². The Hall–Kier alpha value is -1.33. The standard InChI is InChI=1S/C15H22N4S/c1-11-14(7-8-16)15(18(2)17-11)19(12-5-6-12)10-13-4-3-9-20-13/h3-4,9,12H,5-8,10,16H2,1-2H3. The smallest absolute Gasteiger partial charge is 0.130 e. The molecule has 108 valence electrons. The number of rotatable bonds is 6. The molecular weight excluding hydrogens is 268 g/mol. The van der Waals surface area contributed by atoms with Crippen LogP contribution in [0.4, 0.5) is 5.82 Å². The Kier molecular flexibility index (Phi) is 3.81. The van der Waals surface area contributed by atoms with E-state index in [0.29, 0.717) is 12.6 Å². The first kappa shape index (κ1) is 13.6. The van der Waals surface area contributed by atoms with Gasteiger partial charge in [0.25, 0.3) is 0 Å². The van der Waals surface area contributed by atoms with Crippen molar-refractivity contribution < 1.29 is 0 Å². The highest BCUT2D eigenvalue weighted by atomic mass is 32.1. The monoisotopic (exact) mass is 290 g/mol. The molecule has 3 rings (SSSR count). The van der Waals surface area contributed by atoms with E-state index in [1.54, 1.807) is 0 Å². The summed E-state index contributed by atoms with van der Waals surface area (Å²) in [5, 5.41) is 6.76. The van der Waals surface area contributed by atoms with E-state index < -0.39 is 0 Å². The molecule has 0 atom stereocenters. The summed E-state index contributed by atoms with van der Waals surface area (Å²) in [6.45, 7) is 3.75. The number of aryl methyl sites for hydroxylation is 2. The van der Waals surface area contributed by atoms with Crippen LogP contribution in [-0.4, -0.2) is 22.4 Å². The van der Waals surface area contributed by atoms with E-state index in [1.807, 2.05) is 23.1 Å². The quantitative estimate of drug-likeness (QED) is 0.889. The Labute approximate surface area is 124 Å². The van der Waals surface area contributed by atoms with Gasteiger partial charge in [0.15, 0.2) is 0 Å². The third-order valence-electron chi connectivity index (χ3n) is 3.87. The lowest BCUT2D eigenvalue weighted by atomic mass is 10.1. The normalized spacial score (nSPS) is 14.8. The zero-order chi connectivity index (χ0) is 14.1. The predicted octanol–water partition coefficient (Wildman–Crippen LogP) is 2.46. The molecule has 0 spiro atoms. The van der Waals surface area contributed by atoms with Gasteiger partial charge in [0, 0.05) is 23.5 Å². The van der Waals surface area contributed by atoms with Crippen LogP contribution in [0.3, 0.4) is 0 Å². The average Bonchev–Trinajstić information content (AvgIpc) is 3.06. The molecule has 0 aromatic carbocycles. The molecule has 0 amide bonds. The predicted molar refractivity (Wildman–Crippen MR) is 84.2 cm³/mol. The third kappa shape index (κ3) is 2.60. The summed E-state index contributed by atoms with van der Waals surface area (Å²) in [5.74, 6) is 1.27. The number of nitrogens with zero attached hydrogens (tertiary/aromatic N) is 3. The number of hydrogen-bond donors (Lipinski definition) is 1. The van der Waals surface area contributed by atoms with Gasteiger partial charge < -0.3 is 10.6 Å². The number of aromatic nitrogens is 2. The Morgan fingerprint density at radius 3 is 2.90 bits per heavy atom. The van der Waals surface area contributed by atoms with Gasteiger partial charge in [-0.15, -0.1) is 11.3 Å². The van der Waals surface area contributed by atoms with Gasteiger partial charge in [0.2, 0.25) is 0 Å². The Bertz CT molecular complexity index is 569. The number of thiophene rings is 1. The van der Waals surface area contributed by atoms with E-state index in [4.69, 9.17) is 5.73 Å². The molecule has 5 heteroatoms. The molecule has 0 radical (unpaired) electrons. The van der Waals surface area contributed by atoms with Gasteiger partial charge in [-0.1, -0.05) is 6.07 Å². The maximum atomic E-state index is 5.78. The summed E-state index contributed by atoms with van der Waals surface area (Å²) < 4.78 is 2.03. The lowest BCUT2D eigenvalue weighted by molar-refractivity contribution is 0.691. The molecule has 4 nitrogen and oxygen atoms in total. The maximum absolute atomic E-state index is 5.78. The molecule has 0 saturated heterocycles. The van der Waals surface area contributed by atoms with Crippen molar-refractivity contribution in [3.8, 4) is 0 Å². The van der Waals surface area contributed by atoms with Crippen molar-refractivity contribution in [2.45, 2.75) is 38.8 Å². The van der Waals surface area contributed by atoms with Crippen molar-refractivity contribution in [1.29, 1.82) is 0 Å². The van der Waals surface area contributed by atoms with Crippen LogP contribution < -0.4 is 10.6 Å². The second-order valence-corrected chi connectivity index (χ2v) is 6.52. The van der Waals surface area contributed by atoms with Gasteiger partial charge in [0.05, 0.1) is 12.2 Å². The molecule has 2 aromatic rings. The molecule has 0 unspecified atom stereocenters. The molecule has 0 bridgehead atoms. The topological polar surface area (TPSA) is 47.1 Å². The number of nitrogens with two attached hydrogens (primary N) is 1. The molecule has 0 aliphatic heterocycles. The lowest BCUT2D eigenvalue weighted by Crippen LogP contribution is -2.28. The van der Waals surface area contributed by atoms with Crippen molar-refractivity contribution in [3.63, 3.8) is 0 Å². The minimum atomic E-state index is 0.670. The van der Waals surface area contributed by atoms with E-state index in [9.17, 15) is 0 Å². The van der Waals surface area contributed by atoms with Crippen molar-refractivity contribution in [3.05, 3.63) is 33.6 Å². The number of anilines is 1. The summed E-state index contributed by atoms with van der Waals surface area (Å²) >= 11 is 1.83. The second kappa shape index (κ2) is 5.58. The van der Waals surface area contributed by atoms with Crippen LogP contribution in [0.2, 0.25) is 0 Å². The van der Waals surface area contributed by atoms with Crippen LogP contribution >= 0.6 is 11.3 Å². The van der Waals surface area contributed by atoms with E-state index in [1.165, 1.54) is 29.1 Å². The first-order valence-corrected chi connectivity index (χ1v) is 8.10. The lowest BCUT2D eigenvalue weighted by Gasteiger charge is -2.25. The van der Waals surface area contributed by atoms with E-state index in [2.05, 4.69) is 34.4 Å². The fourth-order valence-corrected chi connectivity index (χ4v) is 3.52. The fraction of sp³-hybridized carbons (Fsp3) is 0.533. The van der Waals surface area contributed by atoms with Crippen LogP contribution in [0.15, 0.2) is 17.5 Å². The summed E-state index contributed by atoms with van der Waals surface area (Å²) in [6.07, 6.45) is 3.48. The van der Waals surface area contributed by atoms with Crippen LogP contribution in [0, 0.1) is 6.92 Å². The van der Waals surface area contributed by atoms with Gasteiger partial charge in [-0.25, -0.2) is 0 Å². The van der Waals surface area contributed by atoms with E-state index >= 15 is 0 Å². The molecule has 1 aliphatic carbocycles. The van der Waals surface area contributed by atoms with Crippen molar-refractivity contribution in [2.24, 2.45) is 12.8 Å². The minimum absolute atomic E-state index is 0.670. The van der Waals surface area contributed by atoms with E-state index in [0.717, 1.165) is 18.7 Å². The highest BCUT2D eigenvalue weighted by Gasteiger charge is 2.33. The van der Waals surface area contributed by atoms with Crippen LogP contribution in [-0.2, 0) is 20.0 Å². The molecule has 1 saturated carbocycles. The van der Waals surface area contributed by atoms with Crippen LogP contribution in [0.1, 0.15) is 29.0 Å². The maximum Gasteiger partial charge on any atom is 0.130 e. The molecule has 1 fully saturated rings. The van der Waals surface area contributed by atoms with Crippen molar-refractivity contribution in [1.82, 2.24) is 9.78 Å². The minimum Gasteiger partial charge on any atom is -0.348 e. The summed E-state index contributed by atoms with van der Waals surface area (Å²) in [5.41, 5.74) is 8.22. The van der Waals surface area contributed by atoms with Gasteiger partial charge in [-0.05, 0) is 44.2 Å². The Morgan fingerprint density at radius 2 is 2.30 bits per heavy atom. The largest absolute Gasteiger partial charge is 0.348 e. The van der Waals surface area contributed by atoms with Crippen LogP contribution in [0.5, 0.6) is 0 Å². The van der Waals surface area contributed by atoms with Gasteiger partial charge >= 0.3 is 0 Å². The Balaban J connectivity index is 1.94. The molecule has 2 aromatic heterocycles. The number of hydrogen-bond acceptors (Lipinski definition) is 4. The molecular formula is C15H22N4S. The molecule has 20 heavy (non-hydrogen) atoms. The van der Waals surface area contributed by atoms with Gasteiger partial charge in [-0.3, -0.25) is 4.68 Å². The second-order valence-electron chi connectivity index (χ2n) is 5.49. The average molecular weight is 290 g/mol. The summed E-state index contributed by atoms with van der Waals surface area (Å²) in [7, 11) is 2.05. The zero-order valence-electron chi connectivity index (χ0n) is 12.2. The SMILES string of the molecule is Cc1nn(C)c(N(Cc2cccs2)C2CC2)c1CCN. The highest BCUT2D eigenvalue weighted by molar-refractivity contribution is 7.09. The zero-order valence-corrected chi connectivity index (χ0v) is 13.0. The Morgan fingerprint density at radius 1 is 1.50 bits per heavy atom. The van der Waals surface area contributed by atoms with Gasteiger partial charge in [-0.2, -0.15) is 5.10 Å². The van der Waals surface area contributed by atoms with Crippen molar-refractivity contribution >= 4 is 17.2 Å². The van der Waals surface area contributed by atoms with Crippen molar-refractivity contribution in [2.75, 3.05) is 11.4 Å². The fourth-order valence-electron chi connectivity index (χ4n) is 2.82. The third-order valence-corrected chi connectivity index (χ3v) is 4.73.